The molecule has 0 saturated heterocycles. The number of hydrogen-bond acceptors (Lipinski definition) is 6. The lowest BCUT2D eigenvalue weighted by Gasteiger charge is -2.27. The minimum Gasteiger partial charge on any atom is -0.393 e. The number of aliphatic hydroxyl groups excluding tert-OH is 1. The van der Waals surface area contributed by atoms with Crippen LogP contribution in [0.3, 0.4) is 0 Å². The van der Waals surface area contributed by atoms with Crippen LogP contribution in [0.4, 0.5) is 14.5 Å². The van der Waals surface area contributed by atoms with E-state index in [9.17, 15) is 19.1 Å². The summed E-state index contributed by atoms with van der Waals surface area (Å²) in [6.07, 6.45) is 0.852. The van der Waals surface area contributed by atoms with Crippen molar-refractivity contribution in [3.8, 4) is 6.07 Å². The van der Waals surface area contributed by atoms with Gasteiger partial charge in [0.2, 0.25) is 0 Å². The summed E-state index contributed by atoms with van der Waals surface area (Å²) in [6.45, 7) is 5.39. The van der Waals surface area contributed by atoms with Crippen molar-refractivity contribution >= 4 is 29.0 Å². The summed E-state index contributed by atoms with van der Waals surface area (Å²) < 4.78 is 28.3. The molecule has 1 saturated carbocycles. The Morgan fingerprint density at radius 3 is 2.81 bits per heavy atom. The number of rotatable bonds is 5. The molecule has 0 bridgehead atoms. The molecule has 0 aliphatic heterocycles. The number of fused-ring (bicyclic) bond motifs is 1. The maximum Gasteiger partial charge on any atom is 0.283 e. The second-order valence-corrected chi connectivity index (χ2v) is 7.91. The Balaban J connectivity index is 2.08. The summed E-state index contributed by atoms with van der Waals surface area (Å²) in [6, 6.07) is 6.84. The molecule has 1 aliphatic rings. The SMILES string of the molecule is C=CNc1cc(Cl)ccc1/C=c1\c(C)nc2c(C#N)c(C(F)F)nn2c1=NC1CC(O)C1. The number of nitrogens with one attached hydrogen (secondary N) is 1. The number of aliphatic hydroxyl groups is 1. The summed E-state index contributed by atoms with van der Waals surface area (Å²) in [5.74, 6) is 0. The average molecular weight is 457 g/mol. The molecular weight excluding hydrogens is 438 g/mol. The highest BCUT2D eigenvalue weighted by Gasteiger charge is 2.28. The van der Waals surface area contributed by atoms with E-state index in [1.165, 1.54) is 10.7 Å². The van der Waals surface area contributed by atoms with Crippen LogP contribution >= 0.6 is 11.6 Å². The topological polar surface area (TPSA) is 98.6 Å². The number of hydrogen-bond donors (Lipinski definition) is 2. The van der Waals surface area contributed by atoms with E-state index in [0.29, 0.717) is 40.0 Å². The van der Waals surface area contributed by atoms with Gasteiger partial charge in [-0.05, 0) is 49.7 Å². The third-order valence-corrected chi connectivity index (χ3v) is 5.51. The van der Waals surface area contributed by atoms with Crippen molar-refractivity contribution in [2.45, 2.75) is 38.3 Å². The number of nitriles is 1. The lowest BCUT2D eigenvalue weighted by Crippen LogP contribution is -2.41. The molecule has 3 aromatic rings. The standard InChI is InChI=1S/C22H19ClF2N6O/c1-3-27-18-7-13(23)5-4-12(18)6-16-11(2)28-22-17(10-26)19(20(24)25)30-31(22)21(16)29-14-8-15(32)9-14/h3-7,14-15,20,27,32H,1,8-9H2,2H3/b16-6+,29-21?. The van der Waals surface area contributed by atoms with E-state index >= 15 is 0 Å². The van der Waals surface area contributed by atoms with Crippen LogP contribution in [-0.2, 0) is 0 Å². The molecule has 2 heterocycles. The number of aryl methyl sites for hydroxylation is 1. The van der Waals surface area contributed by atoms with Crippen LogP contribution < -0.4 is 16.0 Å². The van der Waals surface area contributed by atoms with Gasteiger partial charge in [0.15, 0.2) is 11.1 Å². The summed E-state index contributed by atoms with van der Waals surface area (Å²) >= 11 is 6.11. The van der Waals surface area contributed by atoms with Gasteiger partial charge in [0.1, 0.15) is 17.3 Å². The molecule has 0 radical (unpaired) electrons. The maximum absolute atomic E-state index is 13.5. The zero-order valence-electron chi connectivity index (χ0n) is 17.1. The second-order valence-electron chi connectivity index (χ2n) is 7.48. The fourth-order valence-corrected chi connectivity index (χ4v) is 3.78. The van der Waals surface area contributed by atoms with E-state index in [2.05, 4.69) is 27.0 Å². The largest absolute Gasteiger partial charge is 0.393 e. The molecule has 7 nitrogen and oxygen atoms in total. The highest BCUT2D eigenvalue weighted by Crippen LogP contribution is 2.25. The molecule has 0 amide bonds. The predicted molar refractivity (Wildman–Crippen MR) is 116 cm³/mol. The number of anilines is 1. The summed E-state index contributed by atoms with van der Waals surface area (Å²) in [7, 11) is 0. The Hall–Kier alpha value is -3.35. The number of aromatic nitrogens is 3. The molecule has 1 aromatic carbocycles. The van der Waals surface area contributed by atoms with E-state index in [4.69, 9.17) is 11.6 Å². The van der Waals surface area contributed by atoms with Crippen molar-refractivity contribution in [2.75, 3.05) is 5.32 Å². The Morgan fingerprint density at radius 2 is 2.19 bits per heavy atom. The summed E-state index contributed by atoms with van der Waals surface area (Å²) in [5.41, 5.74) is 1.33. The highest BCUT2D eigenvalue weighted by molar-refractivity contribution is 6.30. The predicted octanol–water partition coefficient (Wildman–Crippen LogP) is 3.03. The molecule has 0 atom stereocenters. The monoisotopic (exact) mass is 456 g/mol. The normalized spacial score (nSPS) is 19.3. The lowest BCUT2D eigenvalue weighted by molar-refractivity contribution is 0.0762. The van der Waals surface area contributed by atoms with Crippen molar-refractivity contribution in [3.05, 3.63) is 69.2 Å². The molecule has 1 fully saturated rings. The third kappa shape index (κ3) is 3.95. The number of nitrogens with zero attached hydrogens (tertiary/aromatic N) is 5. The molecule has 164 valence electrons. The first-order chi connectivity index (χ1) is 15.3. The molecule has 0 unspecified atom stereocenters. The van der Waals surface area contributed by atoms with E-state index in [-0.39, 0.29) is 17.3 Å². The van der Waals surface area contributed by atoms with Crippen molar-refractivity contribution < 1.29 is 13.9 Å². The Kier molecular flexibility index (Phi) is 5.91. The van der Waals surface area contributed by atoms with Crippen LogP contribution in [0.1, 0.15) is 41.8 Å². The van der Waals surface area contributed by atoms with E-state index in [1.807, 2.05) is 0 Å². The van der Waals surface area contributed by atoms with Crippen LogP contribution in [-0.4, -0.2) is 31.9 Å². The molecular formula is C22H19ClF2N6O. The smallest absolute Gasteiger partial charge is 0.283 e. The average Bonchev–Trinajstić information content (AvgIpc) is 3.09. The van der Waals surface area contributed by atoms with Crippen LogP contribution in [0, 0.1) is 18.3 Å². The minimum atomic E-state index is -2.93. The fraction of sp³-hybridized carbons (Fsp3) is 0.273. The fourth-order valence-electron chi connectivity index (χ4n) is 3.61. The van der Waals surface area contributed by atoms with Crippen LogP contribution in [0.25, 0.3) is 11.7 Å². The summed E-state index contributed by atoms with van der Waals surface area (Å²) in [5, 5.41) is 27.2. The van der Waals surface area contributed by atoms with Gasteiger partial charge in [-0.2, -0.15) is 14.9 Å². The van der Waals surface area contributed by atoms with Crippen molar-refractivity contribution in [2.24, 2.45) is 4.99 Å². The molecule has 10 heteroatoms. The number of halogens is 3. The van der Waals surface area contributed by atoms with E-state index in [0.717, 1.165) is 5.56 Å². The molecule has 32 heavy (non-hydrogen) atoms. The molecule has 0 spiro atoms. The quantitative estimate of drug-likeness (QED) is 0.615. The van der Waals surface area contributed by atoms with Gasteiger partial charge in [-0.25, -0.2) is 13.8 Å². The van der Waals surface area contributed by atoms with E-state index < -0.39 is 18.2 Å². The van der Waals surface area contributed by atoms with Gasteiger partial charge in [0, 0.05) is 15.9 Å². The Labute approximate surface area is 187 Å². The zero-order chi connectivity index (χ0) is 23.0. The van der Waals surface area contributed by atoms with Gasteiger partial charge in [-0.1, -0.05) is 24.2 Å². The highest BCUT2D eigenvalue weighted by atomic mass is 35.5. The number of benzene rings is 1. The second kappa shape index (κ2) is 8.65. The molecule has 1 aliphatic carbocycles. The van der Waals surface area contributed by atoms with E-state index in [1.54, 1.807) is 37.3 Å². The molecule has 2 aromatic heterocycles. The Morgan fingerprint density at radius 1 is 1.44 bits per heavy atom. The van der Waals surface area contributed by atoms with Gasteiger partial charge in [0.05, 0.1) is 17.8 Å². The van der Waals surface area contributed by atoms with Gasteiger partial charge in [0.25, 0.3) is 6.43 Å². The van der Waals surface area contributed by atoms with Crippen molar-refractivity contribution in [3.63, 3.8) is 0 Å². The van der Waals surface area contributed by atoms with Crippen LogP contribution in [0.15, 0.2) is 36.0 Å². The number of alkyl halides is 2. The zero-order valence-corrected chi connectivity index (χ0v) is 17.8. The van der Waals surface area contributed by atoms with Gasteiger partial charge in [-0.3, -0.25) is 4.99 Å². The molecule has 2 N–H and O–H groups in total. The summed E-state index contributed by atoms with van der Waals surface area (Å²) in [4.78, 5) is 9.09. The first-order valence-corrected chi connectivity index (χ1v) is 10.2. The Bertz CT molecular complexity index is 1370. The van der Waals surface area contributed by atoms with Crippen LogP contribution in [0.2, 0.25) is 5.02 Å². The van der Waals surface area contributed by atoms with Crippen molar-refractivity contribution in [1.82, 2.24) is 14.6 Å². The minimum absolute atomic E-state index is 0.0246. The maximum atomic E-state index is 13.5. The van der Waals surface area contributed by atoms with Gasteiger partial charge < -0.3 is 10.4 Å². The third-order valence-electron chi connectivity index (χ3n) is 5.28. The molecule has 4 rings (SSSR count). The van der Waals surface area contributed by atoms with Gasteiger partial charge in [-0.15, -0.1) is 0 Å². The first-order valence-electron chi connectivity index (χ1n) is 9.84. The van der Waals surface area contributed by atoms with Gasteiger partial charge >= 0.3 is 0 Å². The van der Waals surface area contributed by atoms with Crippen LogP contribution in [0.5, 0.6) is 0 Å². The first kappa shape index (κ1) is 21.9. The van der Waals surface area contributed by atoms with Crippen molar-refractivity contribution in [1.29, 1.82) is 5.26 Å². The lowest BCUT2D eigenvalue weighted by atomic mass is 9.90.